The summed E-state index contributed by atoms with van der Waals surface area (Å²) < 4.78 is 31.7. The summed E-state index contributed by atoms with van der Waals surface area (Å²) in [7, 11) is 0. The third kappa shape index (κ3) is 5.16. The fourth-order valence-corrected chi connectivity index (χ4v) is 3.60. The molecule has 2 amide bonds. The first-order chi connectivity index (χ1) is 14.6. The number of nitrogens with zero attached hydrogens (tertiary/aromatic N) is 4. The molecular formula is C20H19F3N4O4. The fourth-order valence-electron chi connectivity index (χ4n) is 3.60. The van der Waals surface area contributed by atoms with Crippen molar-refractivity contribution in [2.45, 2.75) is 12.6 Å². The first-order valence-electron chi connectivity index (χ1n) is 9.31. The SMILES string of the molecule is O=C(O)C(F)(F)F.O=C(c1cccnc1)N1CCC2(C1)CN(C(=O)c1ccccn1)C2. The molecule has 2 aromatic heterocycles. The minimum Gasteiger partial charge on any atom is -0.475 e. The largest absolute Gasteiger partial charge is 0.490 e. The van der Waals surface area contributed by atoms with Gasteiger partial charge in [-0.05, 0) is 30.7 Å². The molecule has 31 heavy (non-hydrogen) atoms. The van der Waals surface area contributed by atoms with Gasteiger partial charge in [-0.25, -0.2) is 4.79 Å². The van der Waals surface area contributed by atoms with Crippen molar-refractivity contribution in [3.63, 3.8) is 0 Å². The zero-order valence-electron chi connectivity index (χ0n) is 16.2. The number of pyridine rings is 2. The summed E-state index contributed by atoms with van der Waals surface area (Å²) in [6.45, 7) is 2.82. The van der Waals surface area contributed by atoms with Crippen molar-refractivity contribution in [1.82, 2.24) is 19.8 Å². The van der Waals surface area contributed by atoms with Gasteiger partial charge in [-0.3, -0.25) is 19.6 Å². The van der Waals surface area contributed by atoms with E-state index in [0.29, 0.717) is 30.9 Å². The van der Waals surface area contributed by atoms with E-state index >= 15 is 0 Å². The average Bonchev–Trinajstić information content (AvgIpc) is 3.18. The molecule has 2 saturated heterocycles. The van der Waals surface area contributed by atoms with Crippen LogP contribution in [0.25, 0.3) is 0 Å². The molecule has 0 aromatic carbocycles. The molecule has 0 unspecified atom stereocenters. The quantitative estimate of drug-likeness (QED) is 0.773. The van der Waals surface area contributed by atoms with Crippen LogP contribution in [0.3, 0.4) is 0 Å². The number of likely N-dealkylation sites (tertiary alicyclic amines) is 2. The molecule has 0 bridgehead atoms. The number of carboxylic acid groups (broad SMARTS) is 1. The van der Waals surface area contributed by atoms with Crippen LogP contribution >= 0.6 is 0 Å². The first-order valence-corrected chi connectivity index (χ1v) is 9.31. The number of alkyl halides is 3. The highest BCUT2D eigenvalue weighted by molar-refractivity contribution is 5.94. The molecule has 8 nitrogen and oxygen atoms in total. The maximum Gasteiger partial charge on any atom is 0.490 e. The number of carbonyl (C=O) groups excluding carboxylic acids is 2. The Hall–Kier alpha value is -3.50. The Morgan fingerprint density at radius 1 is 0.968 bits per heavy atom. The van der Waals surface area contributed by atoms with Gasteiger partial charge in [-0.15, -0.1) is 0 Å². The Kier molecular flexibility index (Phi) is 6.23. The molecule has 11 heteroatoms. The van der Waals surface area contributed by atoms with E-state index in [-0.39, 0.29) is 17.2 Å². The van der Waals surface area contributed by atoms with Gasteiger partial charge in [0, 0.05) is 50.2 Å². The van der Waals surface area contributed by atoms with Gasteiger partial charge >= 0.3 is 12.1 Å². The third-order valence-electron chi connectivity index (χ3n) is 5.10. The smallest absolute Gasteiger partial charge is 0.475 e. The van der Waals surface area contributed by atoms with Crippen LogP contribution in [0.2, 0.25) is 0 Å². The van der Waals surface area contributed by atoms with Gasteiger partial charge in [0.05, 0.1) is 5.56 Å². The zero-order valence-corrected chi connectivity index (χ0v) is 16.2. The van der Waals surface area contributed by atoms with Crippen molar-refractivity contribution in [3.05, 3.63) is 60.2 Å². The van der Waals surface area contributed by atoms with E-state index in [4.69, 9.17) is 9.90 Å². The molecule has 0 atom stereocenters. The van der Waals surface area contributed by atoms with Gasteiger partial charge in [0.2, 0.25) is 0 Å². The topological polar surface area (TPSA) is 104 Å². The Labute approximate surface area is 175 Å². The Bertz CT molecular complexity index is 948. The number of hydrogen-bond acceptors (Lipinski definition) is 5. The van der Waals surface area contributed by atoms with Crippen molar-refractivity contribution in [1.29, 1.82) is 0 Å². The lowest BCUT2D eigenvalue weighted by Crippen LogP contribution is -2.59. The molecule has 2 fully saturated rings. The standard InChI is InChI=1S/C18H18N4O2.C2HF3O2/c23-16(14-4-3-7-19-10-14)21-9-6-18(11-21)12-22(13-18)17(24)15-5-1-2-8-20-15;3-2(4,5)1(6)7/h1-5,7-8,10H,6,9,11-13H2;(H,6,7). The maximum atomic E-state index is 12.5. The summed E-state index contributed by atoms with van der Waals surface area (Å²) in [5, 5.41) is 7.12. The van der Waals surface area contributed by atoms with Gasteiger partial charge in [0.1, 0.15) is 5.69 Å². The van der Waals surface area contributed by atoms with Crippen molar-refractivity contribution < 1.29 is 32.7 Å². The molecule has 1 spiro atoms. The molecule has 4 rings (SSSR count). The van der Waals surface area contributed by atoms with Crippen LogP contribution in [-0.2, 0) is 4.79 Å². The normalized spacial score (nSPS) is 16.9. The number of rotatable bonds is 2. The van der Waals surface area contributed by atoms with Crippen molar-refractivity contribution in [2.24, 2.45) is 5.41 Å². The molecule has 4 heterocycles. The zero-order chi connectivity index (χ0) is 22.6. The monoisotopic (exact) mass is 436 g/mol. The number of halogens is 3. The molecular weight excluding hydrogens is 417 g/mol. The summed E-state index contributed by atoms with van der Waals surface area (Å²) in [6.07, 6.45) is 0.748. The van der Waals surface area contributed by atoms with Gasteiger partial charge < -0.3 is 14.9 Å². The Morgan fingerprint density at radius 3 is 2.19 bits per heavy atom. The van der Waals surface area contributed by atoms with E-state index in [9.17, 15) is 22.8 Å². The molecule has 164 valence electrons. The number of aromatic nitrogens is 2. The Balaban J connectivity index is 0.000000339. The van der Waals surface area contributed by atoms with E-state index < -0.39 is 12.1 Å². The predicted molar refractivity (Wildman–Crippen MR) is 101 cm³/mol. The van der Waals surface area contributed by atoms with Gasteiger partial charge in [-0.1, -0.05) is 6.07 Å². The number of carboxylic acids is 1. The van der Waals surface area contributed by atoms with Gasteiger partial charge in [-0.2, -0.15) is 13.2 Å². The number of amides is 2. The second-order valence-electron chi connectivity index (χ2n) is 7.40. The van der Waals surface area contributed by atoms with Crippen LogP contribution in [0.5, 0.6) is 0 Å². The molecule has 2 aliphatic heterocycles. The molecule has 2 aromatic rings. The number of hydrogen-bond donors (Lipinski definition) is 1. The van der Waals surface area contributed by atoms with E-state index in [1.54, 1.807) is 42.9 Å². The molecule has 0 aliphatic carbocycles. The van der Waals surface area contributed by atoms with Crippen LogP contribution in [0.15, 0.2) is 48.9 Å². The second-order valence-corrected chi connectivity index (χ2v) is 7.40. The lowest BCUT2D eigenvalue weighted by Gasteiger charge is -2.47. The summed E-state index contributed by atoms with van der Waals surface area (Å²) in [6, 6.07) is 8.92. The van der Waals surface area contributed by atoms with Crippen molar-refractivity contribution in [3.8, 4) is 0 Å². The van der Waals surface area contributed by atoms with E-state index in [0.717, 1.165) is 13.0 Å². The van der Waals surface area contributed by atoms with Crippen LogP contribution in [0.1, 0.15) is 27.3 Å². The van der Waals surface area contributed by atoms with Crippen LogP contribution in [-0.4, -0.2) is 75.0 Å². The van der Waals surface area contributed by atoms with Gasteiger partial charge in [0.25, 0.3) is 11.8 Å². The summed E-state index contributed by atoms with van der Waals surface area (Å²) in [5.41, 5.74) is 1.14. The third-order valence-corrected chi connectivity index (χ3v) is 5.10. The molecule has 2 aliphatic rings. The van der Waals surface area contributed by atoms with Crippen LogP contribution in [0.4, 0.5) is 13.2 Å². The lowest BCUT2D eigenvalue weighted by atomic mass is 9.79. The lowest BCUT2D eigenvalue weighted by molar-refractivity contribution is -0.192. The number of carbonyl (C=O) groups is 3. The van der Waals surface area contributed by atoms with Crippen LogP contribution in [0, 0.1) is 5.41 Å². The summed E-state index contributed by atoms with van der Waals surface area (Å²) in [5.74, 6) is -2.76. The maximum absolute atomic E-state index is 12.5. The van der Waals surface area contributed by atoms with E-state index in [2.05, 4.69) is 9.97 Å². The fraction of sp³-hybridized carbons (Fsp3) is 0.350. The van der Waals surface area contributed by atoms with E-state index in [1.165, 1.54) is 0 Å². The number of aliphatic carboxylic acids is 1. The first kappa shape index (κ1) is 22.2. The van der Waals surface area contributed by atoms with Crippen molar-refractivity contribution >= 4 is 17.8 Å². The molecule has 0 saturated carbocycles. The Morgan fingerprint density at radius 2 is 1.65 bits per heavy atom. The minimum absolute atomic E-state index is 0.0227. The second kappa shape index (κ2) is 8.70. The highest BCUT2D eigenvalue weighted by atomic mass is 19.4. The summed E-state index contributed by atoms with van der Waals surface area (Å²) >= 11 is 0. The highest BCUT2D eigenvalue weighted by Gasteiger charge is 2.50. The summed E-state index contributed by atoms with van der Waals surface area (Å²) in [4.78, 5) is 45.6. The molecule has 0 radical (unpaired) electrons. The van der Waals surface area contributed by atoms with Crippen LogP contribution < -0.4 is 0 Å². The average molecular weight is 436 g/mol. The van der Waals surface area contributed by atoms with Crippen molar-refractivity contribution in [2.75, 3.05) is 26.2 Å². The highest BCUT2D eigenvalue weighted by Crippen LogP contribution is 2.40. The van der Waals surface area contributed by atoms with E-state index in [1.807, 2.05) is 15.9 Å². The predicted octanol–water partition coefficient (Wildman–Crippen LogP) is 2.10. The molecule has 1 N–H and O–H groups in total. The minimum atomic E-state index is -5.08. The van der Waals surface area contributed by atoms with Gasteiger partial charge in [0.15, 0.2) is 0 Å².